The van der Waals surface area contributed by atoms with Gasteiger partial charge in [-0.2, -0.15) is 0 Å². The maximum absolute atomic E-state index is 12.7. The first-order valence-corrected chi connectivity index (χ1v) is 6.98. The first-order valence-electron chi connectivity index (χ1n) is 6.19. The van der Waals surface area contributed by atoms with Crippen LogP contribution in [-0.4, -0.2) is 16.7 Å². The number of methoxy groups -OCH3 is 1. The minimum atomic E-state index is -0.196. The van der Waals surface area contributed by atoms with Crippen LogP contribution < -0.4 is 10.3 Å². The highest BCUT2D eigenvalue weighted by atomic mass is 35.5. The van der Waals surface area contributed by atoms with Gasteiger partial charge in [0, 0.05) is 11.1 Å². The van der Waals surface area contributed by atoms with Crippen LogP contribution in [0.4, 0.5) is 0 Å². The lowest BCUT2D eigenvalue weighted by atomic mass is 10.2. The molecule has 1 aromatic heterocycles. The zero-order valence-electron chi connectivity index (χ0n) is 11.1. The molecule has 0 radical (unpaired) electrons. The number of rotatable bonds is 2. The molecule has 3 rings (SSSR count). The molecule has 0 amide bonds. The molecule has 0 saturated carbocycles. The Morgan fingerprint density at radius 1 is 1.24 bits per heavy atom. The van der Waals surface area contributed by atoms with Crippen molar-refractivity contribution in [3.05, 3.63) is 62.6 Å². The number of fused-ring (bicyclic) bond motifs is 1. The van der Waals surface area contributed by atoms with E-state index in [-0.39, 0.29) is 5.56 Å². The predicted molar refractivity (Wildman–Crippen MR) is 86.3 cm³/mol. The first kappa shape index (κ1) is 13.9. The quantitative estimate of drug-likeness (QED) is 0.733. The lowest BCUT2D eigenvalue weighted by molar-refractivity contribution is 0.414. The van der Waals surface area contributed by atoms with E-state index in [1.165, 1.54) is 4.57 Å². The number of hydrogen-bond donors (Lipinski definition) is 1. The van der Waals surface area contributed by atoms with E-state index in [1.807, 2.05) is 6.07 Å². The molecular weight excluding hydrogens is 308 g/mol. The molecule has 3 aromatic rings. The van der Waals surface area contributed by atoms with E-state index < -0.39 is 0 Å². The van der Waals surface area contributed by atoms with E-state index >= 15 is 0 Å². The van der Waals surface area contributed by atoms with Crippen LogP contribution in [0.2, 0.25) is 5.02 Å². The van der Waals surface area contributed by atoms with Gasteiger partial charge in [-0.25, -0.2) is 0 Å². The summed E-state index contributed by atoms with van der Waals surface area (Å²) >= 11 is 11.2. The third kappa shape index (κ3) is 2.46. The van der Waals surface area contributed by atoms with E-state index in [2.05, 4.69) is 4.98 Å². The SMILES string of the molecule is COc1cccc(-n2c(=S)[nH]c3cc(Cl)ccc3c2=O)c1. The molecule has 0 bridgehead atoms. The number of H-pyrrole nitrogens is 1. The fraction of sp³-hybridized carbons (Fsp3) is 0.0667. The summed E-state index contributed by atoms with van der Waals surface area (Å²) in [5, 5.41) is 1.07. The van der Waals surface area contributed by atoms with Crippen molar-refractivity contribution in [1.29, 1.82) is 0 Å². The fourth-order valence-electron chi connectivity index (χ4n) is 2.17. The standard InChI is InChI=1S/C15H11ClN2O2S/c1-20-11-4-2-3-10(8-11)18-14(19)12-6-5-9(16)7-13(12)17-15(18)21/h2-8H,1H3,(H,17,21). The van der Waals surface area contributed by atoms with Crippen LogP contribution in [0.5, 0.6) is 5.75 Å². The molecule has 2 aromatic carbocycles. The van der Waals surface area contributed by atoms with Gasteiger partial charge in [0.05, 0.1) is 23.7 Å². The molecule has 4 nitrogen and oxygen atoms in total. The Hall–Kier alpha value is -2.11. The minimum absolute atomic E-state index is 0.196. The van der Waals surface area contributed by atoms with Gasteiger partial charge >= 0.3 is 0 Å². The van der Waals surface area contributed by atoms with Gasteiger partial charge < -0.3 is 9.72 Å². The molecule has 0 aliphatic carbocycles. The number of halogens is 1. The van der Waals surface area contributed by atoms with E-state index in [4.69, 9.17) is 28.6 Å². The van der Waals surface area contributed by atoms with Gasteiger partial charge in [0.25, 0.3) is 5.56 Å². The molecule has 0 spiro atoms. The summed E-state index contributed by atoms with van der Waals surface area (Å²) in [6.45, 7) is 0. The van der Waals surface area contributed by atoms with Crippen LogP contribution in [0.15, 0.2) is 47.3 Å². The van der Waals surface area contributed by atoms with Gasteiger partial charge in [0.1, 0.15) is 5.75 Å². The average molecular weight is 319 g/mol. The first-order chi connectivity index (χ1) is 10.1. The lowest BCUT2D eigenvalue weighted by Crippen LogP contribution is -2.20. The van der Waals surface area contributed by atoms with Crippen molar-refractivity contribution in [1.82, 2.24) is 9.55 Å². The number of nitrogens with one attached hydrogen (secondary N) is 1. The summed E-state index contributed by atoms with van der Waals surface area (Å²) < 4.78 is 6.93. The average Bonchev–Trinajstić information content (AvgIpc) is 2.47. The predicted octanol–water partition coefficient (Wildman–Crippen LogP) is 3.71. The number of hydrogen-bond acceptors (Lipinski definition) is 3. The normalized spacial score (nSPS) is 10.8. The van der Waals surface area contributed by atoms with Gasteiger partial charge in [-0.3, -0.25) is 9.36 Å². The summed E-state index contributed by atoms with van der Waals surface area (Å²) in [6, 6.07) is 12.2. The molecular formula is C15H11ClN2O2S. The van der Waals surface area contributed by atoms with E-state index in [9.17, 15) is 4.79 Å². The van der Waals surface area contributed by atoms with Crippen LogP contribution >= 0.6 is 23.8 Å². The maximum Gasteiger partial charge on any atom is 0.266 e. The summed E-state index contributed by atoms with van der Waals surface area (Å²) in [5.74, 6) is 0.657. The zero-order valence-corrected chi connectivity index (χ0v) is 12.7. The Labute approximate surface area is 130 Å². The molecule has 21 heavy (non-hydrogen) atoms. The molecule has 0 aliphatic rings. The zero-order chi connectivity index (χ0) is 15.0. The Morgan fingerprint density at radius 3 is 2.81 bits per heavy atom. The molecule has 0 saturated heterocycles. The number of ether oxygens (including phenoxy) is 1. The Morgan fingerprint density at radius 2 is 2.05 bits per heavy atom. The van der Waals surface area contributed by atoms with Crippen LogP contribution in [0, 0.1) is 4.77 Å². The number of aromatic amines is 1. The van der Waals surface area contributed by atoms with Crippen LogP contribution in [-0.2, 0) is 0 Å². The van der Waals surface area contributed by atoms with Crippen molar-refractivity contribution in [2.24, 2.45) is 0 Å². The highest BCUT2D eigenvalue weighted by Gasteiger charge is 2.08. The highest BCUT2D eigenvalue weighted by molar-refractivity contribution is 7.71. The van der Waals surface area contributed by atoms with Crippen molar-refractivity contribution in [3.8, 4) is 11.4 Å². The molecule has 1 heterocycles. The lowest BCUT2D eigenvalue weighted by Gasteiger charge is -2.09. The van der Waals surface area contributed by atoms with E-state index in [0.717, 1.165) is 0 Å². The topological polar surface area (TPSA) is 47.0 Å². The second-order valence-corrected chi connectivity index (χ2v) is 5.29. The fourth-order valence-corrected chi connectivity index (χ4v) is 2.64. The molecule has 6 heteroatoms. The Bertz CT molecular complexity index is 946. The van der Waals surface area contributed by atoms with E-state index in [0.29, 0.717) is 32.1 Å². The molecule has 0 fully saturated rings. The summed E-state index contributed by atoms with van der Waals surface area (Å²) in [7, 11) is 1.57. The van der Waals surface area contributed by atoms with Crippen molar-refractivity contribution in [3.63, 3.8) is 0 Å². The molecule has 0 atom stereocenters. The smallest absolute Gasteiger partial charge is 0.266 e. The summed E-state index contributed by atoms with van der Waals surface area (Å²) in [6.07, 6.45) is 0. The number of aromatic nitrogens is 2. The van der Waals surface area contributed by atoms with Gasteiger partial charge in [-0.05, 0) is 42.5 Å². The number of nitrogens with zero attached hydrogens (tertiary/aromatic N) is 1. The minimum Gasteiger partial charge on any atom is -0.497 e. The van der Waals surface area contributed by atoms with Crippen LogP contribution in [0.25, 0.3) is 16.6 Å². The van der Waals surface area contributed by atoms with Crippen molar-refractivity contribution in [2.45, 2.75) is 0 Å². The number of benzene rings is 2. The summed E-state index contributed by atoms with van der Waals surface area (Å²) in [5.41, 5.74) is 1.08. The monoisotopic (exact) mass is 318 g/mol. The molecule has 0 aliphatic heterocycles. The van der Waals surface area contributed by atoms with Crippen molar-refractivity contribution < 1.29 is 4.74 Å². The van der Waals surface area contributed by atoms with E-state index in [1.54, 1.807) is 43.5 Å². The Balaban J connectivity index is 2.35. The van der Waals surface area contributed by atoms with Gasteiger partial charge in [0.2, 0.25) is 0 Å². The van der Waals surface area contributed by atoms with Crippen LogP contribution in [0.1, 0.15) is 0 Å². The Kier molecular flexibility index (Phi) is 3.53. The van der Waals surface area contributed by atoms with Crippen LogP contribution in [0.3, 0.4) is 0 Å². The van der Waals surface area contributed by atoms with Gasteiger partial charge in [-0.15, -0.1) is 0 Å². The van der Waals surface area contributed by atoms with Crippen molar-refractivity contribution in [2.75, 3.05) is 7.11 Å². The summed E-state index contributed by atoms with van der Waals surface area (Å²) in [4.78, 5) is 15.7. The maximum atomic E-state index is 12.7. The largest absolute Gasteiger partial charge is 0.497 e. The van der Waals surface area contributed by atoms with Crippen molar-refractivity contribution >= 4 is 34.7 Å². The second kappa shape index (κ2) is 5.35. The van der Waals surface area contributed by atoms with Gasteiger partial charge in [-0.1, -0.05) is 17.7 Å². The third-order valence-electron chi connectivity index (χ3n) is 3.17. The molecule has 106 valence electrons. The molecule has 0 unspecified atom stereocenters. The van der Waals surface area contributed by atoms with Gasteiger partial charge in [0.15, 0.2) is 4.77 Å². The highest BCUT2D eigenvalue weighted by Crippen LogP contribution is 2.18. The second-order valence-electron chi connectivity index (χ2n) is 4.46. The third-order valence-corrected chi connectivity index (χ3v) is 3.69. The molecule has 1 N–H and O–H groups in total.